The lowest BCUT2D eigenvalue weighted by molar-refractivity contribution is -0.138. The van der Waals surface area contributed by atoms with Crippen molar-refractivity contribution in [2.24, 2.45) is 0 Å². The molecular formula is C20H30FN3O3. The number of benzene rings is 1. The predicted octanol–water partition coefficient (Wildman–Crippen LogP) is 1.74. The Morgan fingerprint density at radius 1 is 1.30 bits per heavy atom. The van der Waals surface area contributed by atoms with E-state index in [2.05, 4.69) is 10.2 Å². The molecule has 2 unspecified atom stereocenters. The average Bonchev–Trinajstić information content (AvgIpc) is 2.88. The van der Waals surface area contributed by atoms with E-state index in [4.69, 9.17) is 5.11 Å². The van der Waals surface area contributed by atoms with Gasteiger partial charge in [0.1, 0.15) is 5.82 Å². The molecule has 1 amide bonds. The van der Waals surface area contributed by atoms with Crippen molar-refractivity contribution in [1.82, 2.24) is 15.1 Å². The number of halogens is 1. The second kappa shape index (κ2) is 10.4. The van der Waals surface area contributed by atoms with E-state index in [1.807, 2.05) is 18.9 Å². The quantitative estimate of drug-likeness (QED) is 0.720. The third kappa shape index (κ3) is 6.92. The first-order valence-electron chi connectivity index (χ1n) is 9.55. The molecule has 0 saturated carbocycles. The van der Waals surface area contributed by atoms with Crippen molar-refractivity contribution in [2.75, 3.05) is 33.2 Å². The second-order valence-electron chi connectivity index (χ2n) is 7.27. The van der Waals surface area contributed by atoms with E-state index in [0.29, 0.717) is 13.0 Å². The highest BCUT2D eigenvalue weighted by Crippen LogP contribution is 2.17. The normalized spacial score (nSPS) is 19.5. The fourth-order valence-corrected chi connectivity index (χ4v) is 3.57. The molecule has 2 atom stereocenters. The molecule has 1 heterocycles. The van der Waals surface area contributed by atoms with Crippen LogP contribution in [0, 0.1) is 5.82 Å². The van der Waals surface area contributed by atoms with Gasteiger partial charge in [-0.1, -0.05) is 12.1 Å². The first-order valence-corrected chi connectivity index (χ1v) is 9.55. The van der Waals surface area contributed by atoms with E-state index < -0.39 is 5.97 Å². The van der Waals surface area contributed by atoms with E-state index >= 15 is 0 Å². The predicted molar refractivity (Wildman–Crippen MR) is 102 cm³/mol. The maximum atomic E-state index is 12.9. The van der Waals surface area contributed by atoms with Crippen molar-refractivity contribution >= 4 is 11.9 Å². The molecule has 150 valence electrons. The van der Waals surface area contributed by atoms with Crippen LogP contribution in [0.4, 0.5) is 4.39 Å². The molecule has 1 aliphatic heterocycles. The lowest BCUT2D eigenvalue weighted by Crippen LogP contribution is -2.46. The van der Waals surface area contributed by atoms with Crippen LogP contribution in [0.2, 0.25) is 0 Å². The minimum atomic E-state index is -0.812. The molecule has 1 aromatic carbocycles. The van der Waals surface area contributed by atoms with Gasteiger partial charge in [-0.2, -0.15) is 0 Å². The largest absolute Gasteiger partial charge is 0.480 e. The number of likely N-dealkylation sites (N-methyl/N-ethyl adjacent to an activating group) is 1. The van der Waals surface area contributed by atoms with Crippen molar-refractivity contribution in [3.8, 4) is 0 Å². The van der Waals surface area contributed by atoms with Gasteiger partial charge in [0, 0.05) is 19.1 Å². The van der Waals surface area contributed by atoms with Crippen LogP contribution < -0.4 is 5.32 Å². The van der Waals surface area contributed by atoms with E-state index in [1.165, 1.54) is 12.1 Å². The fourth-order valence-electron chi connectivity index (χ4n) is 3.57. The summed E-state index contributed by atoms with van der Waals surface area (Å²) >= 11 is 0. The molecule has 1 aliphatic rings. The van der Waals surface area contributed by atoms with Gasteiger partial charge in [0.05, 0.1) is 12.6 Å². The zero-order valence-corrected chi connectivity index (χ0v) is 16.2. The summed E-state index contributed by atoms with van der Waals surface area (Å²) in [6.07, 6.45) is 3.42. The summed E-state index contributed by atoms with van der Waals surface area (Å²) in [7, 11) is 1.85. The maximum Gasteiger partial charge on any atom is 0.317 e. The van der Waals surface area contributed by atoms with Gasteiger partial charge in [-0.25, -0.2) is 4.39 Å². The minimum Gasteiger partial charge on any atom is -0.480 e. The van der Waals surface area contributed by atoms with E-state index in [-0.39, 0.29) is 30.4 Å². The van der Waals surface area contributed by atoms with Gasteiger partial charge in [0.25, 0.3) is 0 Å². The Morgan fingerprint density at radius 2 is 2.00 bits per heavy atom. The summed E-state index contributed by atoms with van der Waals surface area (Å²) in [5.41, 5.74) is 0.989. The monoisotopic (exact) mass is 379 g/mol. The van der Waals surface area contributed by atoms with Crippen molar-refractivity contribution in [2.45, 2.75) is 44.7 Å². The van der Waals surface area contributed by atoms with Crippen LogP contribution in [0.1, 0.15) is 31.7 Å². The Morgan fingerprint density at radius 3 is 2.67 bits per heavy atom. The molecule has 0 spiro atoms. The number of carboxylic acid groups (broad SMARTS) is 1. The molecule has 0 radical (unpaired) electrons. The van der Waals surface area contributed by atoms with E-state index in [9.17, 15) is 14.0 Å². The zero-order valence-electron chi connectivity index (χ0n) is 16.2. The highest BCUT2D eigenvalue weighted by atomic mass is 19.1. The third-order valence-electron chi connectivity index (χ3n) is 5.29. The van der Waals surface area contributed by atoms with Crippen molar-refractivity contribution in [1.29, 1.82) is 0 Å². The van der Waals surface area contributed by atoms with Crippen molar-refractivity contribution in [3.63, 3.8) is 0 Å². The van der Waals surface area contributed by atoms with Gasteiger partial charge in [-0.05, 0) is 63.9 Å². The summed E-state index contributed by atoms with van der Waals surface area (Å²) < 4.78 is 12.9. The van der Waals surface area contributed by atoms with Crippen LogP contribution in [-0.2, 0) is 16.0 Å². The van der Waals surface area contributed by atoms with E-state index in [1.54, 1.807) is 12.1 Å². The summed E-state index contributed by atoms with van der Waals surface area (Å²) in [5.74, 6) is -1.08. The van der Waals surface area contributed by atoms with Crippen LogP contribution >= 0.6 is 0 Å². The number of hydrogen-bond acceptors (Lipinski definition) is 4. The minimum absolute atomic E-state index is 0.00514. The summed E-state index contributed by atoms with van der Waals surface area (Å²) in [4.78, 5) is 27.4. The Bertz CT molecular complexity index is 623. The molecule has 2 N–H and O–H groups in total. The maximum absolute atomic E-state index is 12.9. The zero-order chi connectivity index (χ0) is 19.8. The second-order valence-corrected chi connectivity index (χ2v) is 7.27. The topological polar surface area (TPSA) is 72.9 Å². The number of nitrogens with zero attached hydrogens (tertiary/aromatic N) is 2. The van der Waals surface area contributed by atoms with Gasteiger partial charge in [0.15, 0.2) is 0 Å². The molecule has 6 nitrogen and oxygen atoms in total. The number of rotatable bonds is 8. The number of nitrogens with one attached hydrogen (secondary N) is 1. The number of carboxylic acids is 1. The molecular weight excluding hydrogens is 349 g/mol. The Balaban J connectivity index is 1.76. The smallest absolute Gasteiger partial charge is 0.317 e. The fraction of sp³-hybridized carbons (Fsp3) is 0.600. The van der Waals surface area contributed by atoms with Crippen LogP contribution in [-0.4, -0.2) is 72.1 Å². The number of likely N-dealkylation sites (tertiary alicyclic amines) is 1. The number of carbonyl (C=O) groups is 2. The summed E-state index contributed by atoms with van der Waals surface area (Å²) in [5, 5.41) is 11.9. The summed E-state index contributed by atoms with van der Waals surface area (Å²) in [6, 6.07) is 6.33. The number of hydrogen-bond donors (Lipinski definition) is 2. The van der Waals surface area contributed by atoms with Crippen molar-refractivity contribution in [3.05, 3.63) is 35.6 Å². The molecule has 0 aliphatic carbocycles. The molecule has 1 aromatic rings. The number of amides is 1. The molecule has 27 heavy (non-hydrogen) atoms. The van der Waals surface area contributed by atoms with E-state index in [0.717, 1.165) is 37.9 Å². The lowest BCUT2D eigenvalue weighted by Gasteiger charge is -2.28. The van der Waals surface area contributed by atoms with Crippen LogP contribution in [0.25, 0.3) is 0 Å². The molecule has 1 fully saturated rings. The SMILES string of the molecule is CC(C(=O)NCCc1ccc(F)cc1)N1CCCC(N(C)CC(=O)O)CC1. The molecule has 0 bridgehead atoms. The number of carbonyl (C=O) groups excluding carboxylic acids is 1. The highest BCUT2D eigenvalue weighted by Gasteiger charge is 2.26. The first-order chi connectivity index (χ1) is 12.9. The lowest BCUT2D eigenvalue weighted by atomic mass is 10.1. The molecule has 1 saturated heterocycles. The highest BCUT2D eigenvalue weighted by molar-refractivity contribution is 5.81. The Hall–Kier alpha value is -1.99. The Kier molecular flexibility index (Phi) is 8.19. The molecule has 2 rings (SSSR count). The average molecular weight is 379 g/mol. The first kappa shape index (κ1) is 21.3. The van der Waals surface area contributed by atoms with Gasteiger partial charge in [-0.3, -0.25) is 19.4 Å². The van der Waals surface area contributed by atoms with Gasteiger partial charge >= 0.3 is 5.97 Å². The summed E-state index contributed by atoms with van der Waals surface area (Å²) in [6.45, 7) is 4.09. The van der Waals surface area contributed by atoms with Gasteiger partial charge < -0.3 is 10.4 Å². The van der Waals surface area contributed by atoms with Crippen molar-refractivity contribution < 1.29 is 19.1 Å². The molecule has 0 aromatic heterocycles. The number of aliphatic carboxylic acids is 1. The van der Waals surface area contributed by atoms with Crippen LogP contribution in [0.5, 0.6) is 0 Å². The standard InChI is InChI=1S/C20H30FN3O3/c1-15(20(27)22-11-9-16-5-7-17(21)8-6-16)24-12-3-4-18(10-13-24)23(2)14-19(25)26/h5-8,15,18H,3-4,9-14H2,1-2H3,(H,22,27)(H,25,26). The third-order valence-corrected chi connectivity index (χ3v) is 5.29. The Labute approximate surface area is 160 Å². The van der Waals surface area contributed by atoms with Gasteiger partial charge in [0.2, 0.25) is 5.91 Å². The van der Waals surface area contributed by atoms with Crippen LogP contribution in [0.3, 0.4) is 0 Å². The van der Waals surface area contributed by atoms with Gasteiger partial charge in [-0.15, -0.1) is 0 Å². The molecule has 7 heteroatoms. The van der Waals surface area contributed by atoms with Crippen LogP contribution in [0.15, 0.2) is 24.3 Å².